The SMILES string of the molecule is Cc1cc(-c2ccccc2)ccc1Nc1ccc2c(c1)C(C)(C)c1ccc3ccccc3c1-2. The lowest BCUT2D eigenvalue weighted by atomic mass is 9.82. The Balaban J connectivity index is 1.39. The highest BCUT2D eigenvalue weighted by Crippen LogP contribution is 2.52. The number of benzene rings is 5. The molecule has 0 aromatic heterocycles. The summed E-state index contributed by atoms with van der Waals surface area (Å²) in [5.74, 6) is 0. The van der Waals surface area contributed by atoms with Crippen molar-refractivity contribution in [3.8, 4) is 22.3 Å². The van der Waals surface area contributed by atoms with Gasteiger partial charge in [-0.3, -0.25) is 0 Å². The van der Waals surface area contributed by atoms with E-state index in [4.69, 9.17) is 0 Å². The van der Waals surface area contributed by atoms with Crippen molar-refractivity contribution in [3.63, 3.8) is 0 Å². The summed E-state index contributed by atoms with van der Waals surface area (Å²) in [5, 5.41) is 6.33. The van der Waals surface area contributed by atoms with Crippen LogP contribution in [0, 0.1) is 6.92 Å². The number of fused-ring (bicyclic) bond motifs is 5. The highest BCUT2D eigenvalue weighted by atomic mass is 14.9. The minimum atomic E-state index is -0.0292. The first-order valence-corrected chi connectivity index (χ1v) is 11.6. The molecule has 0 radical (unpaired) electrons. The number of anilines is 2. The average molecular weight is 426 g/mol. The second-order valence-corrected chi connectivity index (χ2v) is 9.62. The molecule has 0 bridgehead atoms. The smallest absolute Gasteiger partial charge is 0.0414 e. The van der Waals surface area contributed by atoms with E-state index in [1.165, 1.54) is 49.7 Å². The third-order valence-electron chi connectivity index (χ3n) is 7.18. The molecule has 5 aromatic carbocycles. The van der Waals surface area contributed by atoms with Gasteiger partial charge in [-0.1, -0.05) is 92.7 Å². The lowest BCUT2D eigenvalue weighted by molar-refractivity contribution is 0.661. The van der Waals surface area contributed by atoms with Gasteiger partial charge in [0.05, 0.1) is 0 Å². The largest absolute Gasteiger partial charge is 0.355 e. The number of hydrogen-bond donors (Lipinski definition) is 1. The Labute approximate surface area is 195 Å². The van der Waals surface area contributed by atoms with Crippen LogP contribution in [-0.2, 0) is 5.41 Å². The lowest BCUT2D eigenvalue weighted by Crippen LogP contribution is -2.15. The van der Waals surface area contributed by atoms with Crippen molar-refractivity contribution in [1.82, 2.24) is 0 Å². The third kappa shape index (κ3) is 3.15. The van der Waals surface area contributed by atoms with Crippen LogP contribution in [-0.4, -0.2) is 0 Å². The molecular weight excluding hydrogens is 398 g/mol. The van der Waals surface area contributed by atoms with Crippen molar-refractivity contribution in [3.05, 3.63) is 120 Å². The molecular formula is C32H27N. The van der Waals surface area contributed by atoms with E-state index in [0.29, 0.717) is 0 Å². The van der Waals surface area contributed by atoms with E-state index in [1.54, 1.807) is 0 Å². The fourth-order valence-corrected chi connectivity index (χ4v) is 5.35. The fraction of sp³-hybridized carbons (Fsp3) is 0.125. The summed E-state index contributed by atoms with van der Waals surface area (Å²) in [6, 6.07) is 37.4. The molecule has 1 aliphatic rings. The molecule has 0 heterocycles. The van der Waals surface area contributed by atoms with Crippen LogP contribution >= 0.6 is 0 Å². The molecule has 0 saturated heterocycles. The maximum atomic E-state index is 3.68. The first kappa shape index (κ1) is 19.8. The van der Waals surface area contributed by atoms with Gasteiger partial charge in [-0.05, 0) is 80.9 Å². The van der Waals surface area contributed by atoms with E-state index in [1.807, 2.05) is 0 Å². The first-order chi connectivity index (χ1) is 16.0. The molecule has 0 amide bonds. The zero-order chi connectivity index (χ0) is 22.6. The van der Waals surface area contributed by atoms with Gasteiger partial charge in [-0.25, -0.2) is 0 Å². The zero-order valence-corrected chi connectivity index (χ0v) is 19.3. The quantitative estimate of drug-likeness (QED) is 0.304. The van der Waals surface area contributed by atoms with Crippen molar-refractivity contribution in [1.29, 1.82) is 0 Å². The van der Waals surface area contributed by atoms with Crippen LogP contribution < -0.4 is 5.32 Å². The predicted octanol–water partition coefficient (Wildman–Crippen LogP) is 8.87. The van der Waals surface area contributed by atoms with Gasteiger partial charge in [-0.15, -0.1) is 0 Å². The number of hydrogen-bond acceptors (Lipinski definition) is 1. The summed E-state index contributed by atoms with van der Waals surface area (Å²) in [6.07, 6.45) is 0. The lowest BCUT2D eigenvalue weighted by Gasteiger charge is -2.22. The zero-order valence-electron chi connectivity index (χ0n) is 19.3. The van der Waals surface area contributed by atoms with E-state index in [-0.39, 0.29) is 5.41 Å². The van der Waals surface area contributed by atoms with Gasteiger partial charge in [0, 0.05) is 16.8 Å². The van der Waals surface area contributed by atoms with Gasteiger partial charge in [0.1, 0.15) is 0 Å². The van der Waals surface area contributed by atoms with E-state index in [9.17, 15) is 0 Å². The standard InChI is InChI=1S/C32H27N/c1-21-19-24(22-9-5-4-6-10-22)14-18-30(21)33-25-15-16-27-29(20-25)32(2,3)28-17-13-23-11-7-8-12-26(23)31(27)28/h4-20,33H,1-3H3. The summed E-state index contributed by atoms with van der Waals surface area (Å²) >= 11 is 0. The molecule has 33 heavy (non-hydrogen) atoms. The summed E-state index contributed by atoms with van der Waals surface area (Å²) in [5.41, 5.74) is 11.5. The molecule has 0 atom stereocenters. The molecule has 0 unspecified atom stereocenters. The van der Waals surface area contributed by atoms with Crippen LogP contribution in [0.4, 0.5) is 11.4 Å². The molecule has 0 aliphatic heterocycles. The number of aryl methyl sites for hydroxylation is 1. The Kier molecular flexibility index (Phi) is 4.41. The molecule has 0 saturated carbocycles. The van der Waals surface area contributed by atoms with Crippen LogP contribution in [0.15, 0.2) is 103 Å². The molecule has 1 aliphatic carbocycles. The van der Waals surface area contributed by atoms with E-state index in [0.717, 1.165) is 11.4 Å². The van der Waals surface area contributed by atoms with Crippen LogP contribution in [0.25, 0.3) is 33.0 Å². The van der Waals surface area contributed by atoms with Crippen LogP contribution in [0.2, 0.25) is 0 Å². The van der Waals surface area contributed by atoms with Crippen molar-refractivity contribution in [2.24, 2.45) is 0 Å². The van der Waals surface area contributed by atoms with Crippen molar-refractivity contribution < 1.29 is 0 Å². The fourth-order valence-electron chi connectivity index (χ4n) is 5.35. The molecule has 1 nitrogen and oxygen atoms in total. The van der Waals surface area contributed by atoms with Gasteiger partial charge < -0.3 is 5.32 Å². The second kappa shape index (κ2) is 7.35. The number of rotatable bonds is 3. The average Bonchev–Trinajstić information content (AvgIpc) is 3.07. The molecule has 0 spiro atoms. The van der Waals surface area contributed by atoms with Crippen molar-refractivity contribution in [2.45, 2.75) is 26.2 Å². The second-order valence-electron chi connectivity index (χ2n) is 9.62. The van der Waals surface area contributed by atoms with E-state index >= 15 is 0 Å². The Bertz CT molecular complexity index is 1510. The van der Waals surface area contributed by atoms with Crippen molar-refractivity contribution >= 4 is 22.1 Å². The molecule has 0 fully saturated rings. The highest BCUT2D eigenvalue weighted by Gasteiger charge is 2.36. The maximum Gasteiger partial charge on any atom is 0.0414 e. The summed E-state index contributed by atoms with van der Waals surface area (Å²) < 4.78 is 0. The maximum absolute atomic E-state index is 3.68. The summed E-state index contributed by atoms with van der Waals surface area (Å²) in [7, 11) is 0. The first-order valence-electron chi connectivity index (χ1n) is 11.6. The van der Waals surface area contributed by atoms with Crippen LogP contribution in [0.1, 0.15) is 30.5 Å². The Hall–Kier alpha value is -3.84. The minimum Gasteiger partial charge on any atom is -0.355 e. The van der Waals surface area contributed by atoms with Crippen LogP contribution in [0.5, 0.6) is 0 Å². The van der Waals surface area contributed by atoms with Gasteiger partial charge in [-0.2, -0.15) is 0 Å². The Morgan fingerprint density at radius 3 is 2.24 bits per heavy atom. The van der Waals surface area contributed by atoms with Crippen LogP contribution in [0.3, 0.4) is 0 Å². The third-order valence-corrected chi connectivity index (χ3v) is 7.18. The van der Waals surface area contributed by atoms with Crippen molar-refractivity contribution in [2.75, 3.05) is 5.32 Å². The van der Waals surface area contributed by atoms with Gasteiger partial charge in [0.25, 0.3) is 0 Å². The van der Waals surface area contributed by atoms with E-state index < -0.39 is 0 Å². The van der Waals surface area contributed by atoms with Gasteiger partial charge in [0.15, 0.2) is 0 Å². The predicted molar refractivity (Wildman–Crippen MR) is 141 cm³/mol. The van der Waals surface area contributed by atoms with E-state index in [2.05, 4.69) is 129 Å². The Morgan fingerprint density at radius 1 is 0.636 bits per heavy atom. The summed E-state index contributed by atoms with van der Waals surface area (Å²) in [6.45, 7) is 6.86. The highest BCUT2D eigenvalue weighted by molar-refractivity contribution is 6.02. The summed E-state index contributed by atoms with van der Waals surface area (Å²) in [4.78, 5) is 0. The molecule has 160 valence electrons. The van der Waals surface area contributed by atoms with Gasteiger partial charge >= 0.3 is 0 Å². The molecule has 1 N–H and O–H groups in total. The van der Waals surface area contributed by atoms with Gasteiger partial charge in [0.2, 0.25) is 0 Å². The topological polar surface area (TPSA) is 12.0 Å². The number of nitrogens with one attached hydrogen (secondary N) is 1. The Morgan fingerprint density at radius 2 is 1.42 bits per heavy atom. The molecule has 5 aromatic rings. The molecule has 1 heteroatoms. The normalized spacial score (nSPS) is 13.5. The molecule has 6 rings (SSSR count). The minimum absolute atomic E-state index is 0.0292. The monoisotopic (exact) mass is 425 g/mol.